The molecule has 1 fully saturated rings. The summed E-state index contributed by atoms with van der Waals surface area (Å²) in [5, 5.41) is 8.62. The summed E-state index contributed by atoms with van der Waals surface area (Å²) >= 11 is 1.37. The molecule has 4 nitrogen and oxygen atoms in total. The van der Waals surface area contributed by atoms with Crippen LogP contribution in [-0.4, -0.2) is 46.4 Å². The van der Waals surface area contributed by atoms with Crippen LogP contribution in [-0.2, 0) is 15.3 Å². The van der Waals surface area contributed by atoms with Crippen LogP contribution in [0.2, 0.25) is 0 Å². The number of rotatable bonds is 6. The predicted molar refractivity (Wildman–Crippen MR) is 93.7 cm³/mol. The molecule has 0 saturated carbocycles. The smallest absolute Gasteiger partial charge is 0.406 e. The number of carboxylic acid groups (broad SMARTS) is 1. The number of aliphatic carboxylic acids is 1. The number of halogens is 3. The maximum absolute atomic E-state index is 13.3. The number of amides is 1. The molecule has 2 unspecified atom stereocenters. The van der Waals surface area contributed by atoms with Crippen LogP contribution in [0.25, 0.3) is 0 Å². The van der Waals surface area contributed by atoms with Gasteiger partial charge in [-0.2, -0.15) is 13.2 Å². The molecule has 2 rings (SSSR count). The van der Waals surface area contributed by atoms with Gasteiger partial charge in [-0.25, -0.2) is 0 Å². The van der Waals surface area contributed by atoms with Crippen molar-refractivity contribution in [1.82, 2.24) is 4.90 Å². The van der Waals surface area contributed by atoms with Gasteiger partial charge in [-0.05, 0) is 17.9 Å². The number of carbonyl (C=O) groups excluding carboxylic acids is 1. The van der Waals surface area contributed by atoms with Crippen LogP contribution in [0.5, 0.6) is 0 Å². The van der Waals surface area contributed by atoms with Crippen LogP contribution in [0, 0.1) is 11.3 Å². The average molecular weight is 389 g/mol. The SMILES string of the molecule is CC(C)C(SCc1ccccc1)C(=O)N1CCC(C(=O)O)(C(F)(F)F)C1. The van der Waals surface area contributed by atoms with Gasteiger partial charge < -0.3 is 10.0 Å². The predicted octanol–water partition coefficient (Wildman–Crippen LogP) is 3.81. The number of thioether (sulfide) groups is 1. The third-order valence-electron chi connectivity index (χ3n) is 4.65. The van der Waals surface area contributed by atoms with E-state index >= 15 is 0 Å². The van der Waals surface area contributed by atoms with Gasteiger partial charge in [0.05, 0.1) is 5.25 Å². The second-order valence-corrected chi connectivity index (χ2v) is 7.99. The highest BCUT2D eigenvalue weighted by Gasteiger charge is 2.64. The van der Waals surface area contributed by atoms with Gasteiger partial charge in [0.2, 0.25) is 5.91 Å². The Morgan fingerprint density at radius 2 is 1.88 bits per heavy atom. The first kappa shape index (κ1) is 20.6. The minimum atomic E-state index is -4.89. The van der Waals surface area contributed by atoms with E-state index < -0.39 is 41.7 Å². The number of alkyl halides is 3. The van der Waals surface area contributed by atoms with Crippen molar-refractivity contribution < 1.29 is 27.9 Å². The summed E-state index contributed by atoms with van der Waals surface area (Å²) in [6.07, 6.45) is -5.50. The van der Waals surface area contributed by atoms with Crippen LogP contribution in [0.15, 0.2) is 30.3 Å². The molecule has 0 radical (unpaired) electrons. The lowest BCUT2D eigenvalue weighted by Gasteiger charge is -2.29. The molecule has 0 bridgehead atoms. The minimum absolute atomic E-state index is 0.0815. The Morgan fingerprint density at radius 1 is 1.27 bits per heavy atom. The fraction of sp³-hybridized carbons (Fsp3) is 0.556. The van der Waals surface area contributed by atoms with Crippen LogP contribution in [0.4, 0.5) is 13.2 Å². The highest BCUT2D eigenvalue weighted by Crippen LogP contribution is 2.46. The van der Waals surface area contributed by atoms with E-state index in [9.17, 15) is 22.8 Å². The lowest BCUT2D eigenvalue weighted by molar-refractivity contribution is -0.227. The zero-order valence-electron chi connectivity index (χ0n) is 14.6. The van der Waals surface area contributed by atoms with Gasteiger partial charge in [-0.1, -0.05) is 44.2 Å². The first-order valence-electron chi connectivity index (χ1n) is 8.33. The van der Waals surface area contributed by atoms with E-state index in [2.05, 4.69) is 0 Å². The molecule has 1 amide bonds. The maximum atomic E-state index is 13.3. The summed E-state index contributed by atoms with van der Waals surface area (Å²) in [6, 6.07) is 9.49. The Bertz CT molecular complexity index is 651. The Labute approximate surface area is 154 Å². The fourth-order valence-corrected chi connectivity index (χ4v) is 4.26. The lowest BCUT2D eigenvalue weighted by atomic mass is 9.86. The number of benzene rings is 1. The molecule has 144 valence electrons. The monoisotopic (exact) mass is 389 g/mol. The lowest BCUT2D eigenvalue weighted by Crippen LogP contribution is -2.49. The summed E-state index contributed by atoms with van der Waals surface area (Å²) in [5.74, 6) is -1.86. The fourth-order valence-electron chi connectivity index (χ4n) is 3.01. The Kier molecular flexibility index (Phi) is 6.26. The van der Waals surface area contributed by atoms with Crippen molar-refractivity contribution >= 4 is 23.6 Å². The summed E-state index contributed by atoms with van der Waals surface area (Å²) in [4.78, 5) is 25.1. The van der Waals surface area contributed by atoms with Crippen LogP contribution < -0.4 is 0 Å². The van der Waals surface area contributed by atoms with E-state index in [1.54, 1.807) is 0 Å². The molecule has 1 saturated heterocycles. The van der Waals surface area contributed by atoms with E-state index in [0.29, 0.717) is 5.75 Å². The van der Waals surface area contributed by atoms with Crippen LogP contribution in [0.1, 0.15) is 25.8 Å². The molecular formula is C18H22F3NO3S. The molecule has 26 heavy (non-hydrogen) atoms. The third kappa shape index (κ3) is 4.16. The molecule has 0 aliphatic carbocycles. The van der Waals surface area contributed by atoms with E-state index in [1.165, 1.54) is 11.8 Å². The number of hydrogen-bond acceptors (Lipinski definition) is 3. The Morgan fingerprint density at radius 3 is 2.35 bits per heavy atom. The standard InChI is InChI=1S/C18H22F3NO3S/c1-12(2)14(26-10-13-6-4-3-5-7-13)15(23)22-9-8-17(11-22,16(24)25)18(19,20)21/h3-7,12,14H,8-11H2,1-2H3,(H,24,25). The van der Waals surface area contributed by atoms with Crippen molar-refractivity contribution in [3.63, 3.8) is 0 Å². The molecule has 0 aromatic heterocycles. The van der Waals surface area contributed by atoms with E-state index in [1.807, 2.05) is 44.2 Å². The first-order valence-corrected chi connectivity index (χ1v) is 9.38. The van der Waals surface area contributed by atoms with Crippen molar-refractivity contribution in [2.75, 3.05) is 13.1 Å². The highest BCUT2D eigenvalue weighted by molar-refractivity contribution is 7.99. The van der Waals surface area contributed by atoms with Gasteiger partial charge in [0.1, 0.15) is 0 Å². The van der Waals surface area contributed by atoms with Crippen molar-refractivity contribution in [2.45, 2.75) is 37.4 Å². The number of carbonyl (C=O) groups is 2. The molecule has 2 atom stereocenters. The third-order valence-corrected chi connectivity index (χ3v) is 6.26. The molecule has 1 heterocycles. The van der Waals surface area contributed by atoms with Crippen molar-refractivity contribution in [3.05, 3.63) is 35.9 Å². The normalized spacial score (nSPS) is 21.8. The molecule has 1 N–H and O–H groups in total. The second kappa shape index (κ2) is 7.90. The highest BCUT2D eigenvalue weighted by atomic mass is 32.2. The number of likely N-dealkylation sites (tertiary alicyclic amines) is 1. The summed E-state index contributed by atoms with van der Waals surface area (Å²) in [7, 11) is 0. The zero-order valence-corrected chi connectivity index (χ0v) is 15.4. The molecule has 0 spiro atoms. The summed E-state index contributed by atoms with van der Waals surface area (Å²) < 4.78 is 39.9. The van der Waals surface area contributed by atoms with E-state index in [-0.39, 0.29) is 12.5 Å². The molecule has 1 aliphatic heterocycles. The summed E-state index contributed by atoms with van der Waals surface area (Å²) in [6.45, 7) is 2.66. The van der Waals surface area contributed by atoms with Crippen molar-refractivity contribution in [3.8, 4) is 0 Å². The average Bonchev–Trinajstić information content (AvgIpc) is 3.02. The number of nitrogens with zero attached hydrogens (tertiary/aromatic N) is 1. The molecule has 8 heteroatoms. The van der Waals surface area contributed by atoms with Crippen LogP contribution in [0.3, 0.4) is 0 Å². The second-order valence-electron chi connectivity index (χ2n) is 6.86. The van der Waals surface area contributed by atoms with Gasteiger partial charge in [0, 0.05) is 18.8 Å². The summed E-state index contributed by atoms with van der Waals surface area (Å²) in [5.41, 5.74) is -1.85. The van der Waals surface area contributed by atoms with E-state index in [4.69, 9.17) is 5.11 Å². The first-order chi connectivity index (χ1) is 12.1. The minimum Gasteiger partial charge on any atom is -0.481 e. The number of hydrogen-bond donors (Lipinski definition) is 1. The van der Waals surface area contributed by atoms with Gasteiger partial charge >= 0.3 is 12.1 Å². The van der Waals surface area contributed by atoms with Crippen molar-refractivity contribution in [2.24, 2.45) is 11.3 Å². The Hall–Kier alpha value is -1.70. The largest absolute Gasteiger partial charge is 0.481 e. The van der Waals surface area contributed by atoms with Crippen LogP contribution >= 0.6 is 11.8 Å². The number of carboxylic acids is 1. The van der Waals surface area contributed by atoms with Gasteiger partial charge in [-0.3, -0.25) is 9.59 Å². The Balaban J connectivity index is 2.11. The topological polar surface area (TPSA) is 57.6 Å². The van der Waals surface area contributed by atoms with Crippen molar-refractivity contribution in [1.29, 1.82) is 0 Å². The van der Waals surface area contributed by atoms with E-state index in [0.717, 1.165) is 10.5 Å². The molecule has 1 aromatic carbocycles. The maximum Gasteiger partial charge on any atom is 0.406 e. The van der Waals surface area contributed by atoms with Gasteiger partial charge in [-0.15, -0.1) is 11.8 Å². The van der Waals surface area contributed by atoms with Gasteiger partial charge in [0.25, 0.3) is 0 Å². The zero-order chi connectivity index (χ0) is 19.5. The molecular weight excluding hydrogens is 367 g/mol. The quantitative estimate of drug-likeness (QED) is 0.804. The molecule has 1 aliphatic rings. The molecule has 1 aromatic rings. The van der Waals surface area contributed by atoms with Gasteiger partial charge in [0.15, 0.2) is 5.41 Å².